The fourth-order valence-electron chi connectivity index (χ4n) is 4.37. The molecule has 0 spiro atoms. The van der Waals surface area contributed by atoms with Crippen LogP contribution < -0.4 is 29.6 Å². The number of nitro groups is 2. The van der Waals surface area contributed by atoms with E-state index in [1.165, 1.54) is 33.6 Å². The summed E-state index contributed by atoms with van der Waals surface area (Å²) in [6.45, 7) is 3.31. The van der Waals surface area contributed by atoms with E-state index in [1.54, 1.807) is 38.1 Å². The van der Waals surface area contributed by atoms with E-state index in [0.717, 1.165) is 12.1 Å². The molecule has 0 aliphatic rings. The fourth-order valence-corrected chi connectivity index (χ4v) is 4.37. The van der Waals surface area contributed by atoms with E-state index in [4.69, 9.17) is 0 Å². The summed E-state index contributed by atoms with van der Waals surface area (Å²) >= 11 is 0. The number of aromatic hydroxyl groups is 4. The standard InChI is InChI=1S/2C16H13N5O4.Cr.Na/c2*1-10-15(16(23)20(19-10)11-5-3-2-4-6-11)18-17-13-8-7-12(21(24)25)9-14(13)22;;/h2*2-9,22-23H,1H3;;/q;;;+1. The summed E-state index contributed by atoms with van der Waals surface area (Å²) in [6.07, 6.45) is 0. The van der Waals surface area contributed by atoms with Crippen molar-refractivity contribution in [1.82, 2.24) is 19.6 Å². The van der Waals surface area contributed by atoms with Gasteiger partial charge in [-0.25, -0.2) is 0 Å². The van der Waals surface area contributed by atoms with E-state index >= 15 is 0 Å². The van der Waals surface area contributed by atoms with Crippen LogP contribution in [0.1, 0.15) is 11.4 Å². The molecule has 0 fully saturated rings. The van der Waals surface area contributed by atoms with Crippen LogP contribution in [-0.2, 0) is 17.4 Å². The Labute approximate surface area is 326 Å². The zero-order chi connectivity index (χ0) is 35.9. The number of non-ortho nitro benzene ring substituents is 2. The molecule has 0 bridgehead atoms. The van der Waals surface area contributed by atoms with Crippen molar-refractivity contribution in [1.29, 1.82) is 0 Å². The first-order valence-corrected chi connectivity index (χ1v) is 14.4. The van der Waals surface area contributed by atoms with Crippen LogP contribution in [0.25, 0.3) is 11.4 Å². The van der Waals surface area contributed by atoms with Crippen LogP contribution in [0.4, 0.5) is 34.1 Å². The van der Waals surface area contributed by atoms with Crippen molar-refractivity contribution in [2.24, 2.45) is 20.5 Å². The normalized spacial score (nSPS) is 10.7. The van der Waals surface area contributed by atoms with Gasteiger partial charge in [-0.3, -0.25) is 20.2 Å². The largest absolute Gasteiger partial charge is 1.00 e. The van der Waals surface area contributed by atoms with Gasteiger partial charge >= 0.3 is 29.6 Å². The summed E-state index contributed by atoms with van der Waals surface area (Å²) in [4.78, 5) is 20.1. The van der Waals surface area contributed by atoms with E-state index in [1.807, 2.05) is 36.4 Å². The Morgan fingerprint density at radius 3 is 1.23 bits per heavy atom. The maximum Gasteiger partial charge on any atom is 1.00 e. The van der Waals surface area contributed by atoms with Gasteiger partial charge in [0.05, 0.1) is 44.7 Å². The van der Waals surface area contributed by atoms with Crippen LogP contribution in [0, 0.1) is 34.1 Å². The summed E-state index contributed by atoms with van der Waals surface area (Å²) in [5, 5.41) is 85.5. The molecule has 0 aliphatic carbocycles. The molecule has 0 amide bonds. The molecular formula is C32H26CrN10NaO8+. The zero-order valence-corrected chi connectivity index (χ0v) is 30.8. The van der Waals surface area contributed by atoms with Gasteiger partial charge in [0.15, 0.2) is 11.4 Å². The minimum atomic E-state index is -0.624. The number of aryl methyl sites for hydroxylation is 2. The minimum Gasteiger partial charge on any atom is -0.505 e. The van der Waals surface area contributed by atoms with Crippen LogP contribution in [0.2, 0.25) is 0 Å². The Bertz CT molecular complexity index is 2110. The van der Waals surface area contributed by atoms with Gasteiger partial charge in [-0.15, -0.1) is 20.5 Å². The molecule has 52 heavy (non-hydrogen) atoms. The predicted octanol–water partition coefficient (Wildman–Crippen LogP) is 4.83. The number of nitrogens with zero attached hydrogens (tertiary/aromatic N) is 10. The third-order valence-corrected chi connectivity index (χ3v) is 6.87. The van der Waals surface area contributed by atoms with Crippen LogP contribution in [0.15, 0.2) is 118 Å². The van der Waals surface area contributed by atoms with Crippen molar-refractivity contribution in [2.45, 2.75) is 13.8 Å². The minimum absolute atomic E-state index is 0. The fraction of sp³-hybridized carbons (Fsp3) is 0.0625. The smallest absolute Gasteiger partial charge is 0.505 e. The van der Waals surface area contributed by atoms with Crippen LogP contribution in [-0.4, -0.2) is 49.8 Å². The van der Waals surface area contributed by atoms with Crippen molar-refractivity contribution in [3.05, 3.63) is 129 Å². The second kappa shape index (κ2) is 17.8. The quantitative estimate of drug-likeness (QED) is 0.0713. The number of phenols is 2. The van der Waals surface area contributed by atoms with Gasteiger partial charge in [-0.2, -0.15) is 19.6 Å². The Hall–Kier alpha value is -5.97. The number of benzene rings is 4. The Morgan fingerprint density at radius 1 is 0.577 bits per heavy atom. The predicted molar refractivity (Wildman–Crippen MR) is 178 cm³/mol. The molecule has 258 valence electrons. The Kier molecular flexibility index (Phi) is 13.9. The first-order valence-electron chi connectivity index (χ1n) is 14.4. The monoisotopic (exact) mass is 753 g/mol. The van der Waals surface area contributed by atoms with Gasteiger partial charge in [0.25, 0.3) is 11.4 Å². The molecule has 4 aromatic carbocycles. The topological polar surface area (TPSA) is 252 Å². The molecule has 6 aromatic rings. The third kappa shape index (κ3) is 9.22. The second-order valence-electron chi connectivity index (χ2n) is 10.3. The summed E-state index contributed by atoms with van der Waals surface area (Å²) in [5.41, 5.74) is 2.03. The summed E-state index contributed by atoms with van der Waals surface area (Å²) in [7, 11) is 0. The number of nitro benzene ring substituents is 2. The van der Waals surface area contributed by atoms with Gasteiger partial charge in [0.1, 0.15) is 22.9 Å². The van der Waals surface area contributed by atoms with Gasteiger partial charge in [-0.1, -0.05) is 36.4 Å². The van der Waals surface area contributed by atoms with E-state index in [9.17, 15) is 40.7 Å². The molecule has 20 heteroatoms. The summed E-state index contributed by atoms with van der Waals surface area (Å²) in [5.74, 6) is -1.17. The molecule has 6 rings (SSSR count). The van der Waals surface area contributed by atoms with Gasteiger partial charge < -0.3 is 20.4 Å². The molecule has 0 atom stereocenters. The summed E-state index contributed by atoms with van der Waals surface area (Å²) in [6, 6.07) is 24.9. The first-order chi connectivity index (χ1) is 23.9. The molecule has 0 saturated carbocycles. The van der Waals surface area contributed by atoms with E-state index in [2.05, 4.69) is 30.7 Å². The number of azo groups is 2. The molecule has 0 unspecified atom stereocenters. The van der Waals surface area contributed by atoms with Crippen LogP contribution in [0.5, 0.6) is 23.3 Å². The van der Waals surface area contributed by atoms with Crippen molar-refractivity contribution < 1.29 is 77.2 Å². The number of para-hydroxylation sites is 2. The SMILES string of the molecule is Cc1nn(-c2ccccc2)c(O)c1N=Nc1ccc([N+](=O)[O-])cc1O.Cc1nn(-c2ccccc2)c(O)c1N=Nc1ccc([N+](=O)[O-])cc1O.[Cr].[Na+]. The van der Waals surface area contributed by atoms with Crippen LogP contribution >= 0.6 is 0 Å². The molecule has 0 aliphatic heterocycles. The number of aromatic nitrogens is 4. The number of hydrogen-bond donors (Lipinski definition) is 4. The maximum absolute atomic E-state index is 10.7. The molecule has 0 saturated heterocycles. The van der Waals surface area contributed by atoms with Crippen molar-refractivity contribution in [2.75, 3.05) is 0 Å². The zero-order valence-electron chi connectivity index (χ0n) is 27.5. The van der Waals surface area contributed by atoms with Crippen molar-refractivity contribution in [3.63, 3.8) is 0 Å². The molecule has 18 nitrogen and oxygen atoms in total. The third-order valence-electron chi connectivity index (χ3n) is 6.87. The number of phenolic OH excluding ortho intramolecular Hbond substituents is 2. The van der Waals surface area contributed by atoms with Gasteiger partial charge in [0.2, 0.25) is 11.8 Å². The van der Waals surface area contributed by atoms with Crippen molar-refractivity contribution in [3.8, 4) is 34.6 Å². The number of hydrogen-bond acceptors (Lipinski definition) is 14. The molecule has 2 aromatic heterocycles. The molecule has 2 heterocycles. The number of rotatable bonds is 8. The van der Waals surface area contributed by atoms with Gasteiger partial charge in [-0.05, 0) is 50.2 Å². The average molecular weight is 754 g/mol. The second-order valence-corrected chi connectivity index (χ2v) is 10.3. The Morgan fingerprint density at radius 2 is 0.923 bits per heavy atom. The van der Waals surface area contributed by atoms with Gasteiger partial charge in [0, 0.05) is 29.5 Å². The van der Waals surface area contributed by atoms with E-state index in [0.29, 0.717) is 22.8 Å². The molecule has 4 N–H and O–H groups in total. The molecule has 0 radical (unpaired) electrons. The average Bonchev–Trinajstić information content (AvgIpc) is 3.56. The molecular weight excluding hydrogens is 727 g/mol. The first kappa shape index (κ1) is 40.5. The van der Waals surface area contributed by atoms with Crippen molar-refractivity contribution >= 4 is 34.1 Å². The summed E-state index contributed by atoms with van der Waals surface area (Å²) < 4.78 is 2.64. The van der Waals surface area contributed by atoms with Crippen LogP contribution in [0.3, 0.4) is 0 Å². The van der Waals surface area contributed by atoms with E-state index in [-0.39, 0.29) is 104 Å². The maximum atomic E-state index is 10.7. The Balaban J connectivity index is 0.000000270. The van der Waals surface area contributed by atoms with E-state index < -0.39 is 9.85 Å².